The molecule has 0 fully saturated rings. The Balaban J connectivity index is 1.95. The van der Waals surface area contributed by atoms with Crippen LogP contribution in [0.15, 0.2) is 83.8 Å². The van der Waals surface area contributed by atoms with Gasteiger partial charge in [0.05, 0.1) is 29.1 Å². The van der Waals surface area contributed by atoms with Crippen LogP contribution in [0.1, 0.15) is 6.92 Å². The Morgan fingerprint density at radius 1 is 0.914 bits per heavy atom. The molecule has 3 rings (SSSR count). The summed E-state index contributed by atoms with van der Waals surface area (Å²) in [6.07, 6.45) is 1.07. The number of ether oxygens (including phenoxy) is 1. The molecule has 0 heterocycles. The smallest absolute Gasteiger partial charge is 0.264 e. The molecule has 35 heavy (non-hydrogen) atoms. The van der Waals surface area contributed by atoms with Crippen molar-refractivity contribution in [2.24, 2.45) is 0 Å². The van der Waals surface area contributed by atoms with Gasteiger partial charge in [-0.3, -0.25) is 13.4 Å². The molecule has 9 nitrogen and oxygen atoms in total. The maximum atomic E-state index is 13.5. The van der Waals surface area contributed by atoms with E-state index in [1.165, 1.54) is 25.2 Å². The quantitative estimate of drug-likeness (QED) is 0.441. The number of benzene rings is 3. The van der Waals surface area contributed by atoms with E-state index in [4.69, 9.17) is 4.74 Å². The van der Waals surface area contributed by atoms with Gasteiger partial charge in [0.2, 0.25) is 15.9 Å². The zero-order valence-corrected chi connectivity index (χ0v) is 21.2. The number of anilines is 3. The summed E-state index contributed by atoms with van der Waals surface area (Å²) in [4.78, 5) is 13.1. The van der Waals surface area contributed by atoms with E-state index in [-0.39, 0.29) is 10.6 Å². The zero-order valence-electron chi connectivity index (χ0n) is 19.6. The van der Waals surface area contributed by atoms with E-state index < -0.39 is 32.5 Å². The number of nitrogens with zero attached hydrogens (tertiary/aromatic N) is 2. The third-order valence-corrected chi connectivity index (χ3v) is 8.02. The van der Waals surface area contributed by atoms with Crippen molar-refractivity contribution < 1.29 is 26.4 Å². The normalized spacial score (nSPS) is 11.5. The molecule has 0 aliphatic heterocycles. The first kappa shape index (κ1) is 26.0. The highest BCUT2D eigenvalue weighted by atomic mass is 32.2. The summed E-state index contributed by atoms with van der Waals surface area (Å²) in [6, 6.07) is 20.6. The van der Waals surface area contributed by atoms with Crippen molar-refractivity contribution in [2.75, 3.05) is 40.4 Å². The van der Waals surface area contributed by atoms with Crippen LogP contribution in [0.3, 0.4) is 0 Å². The van der Waals surface area contributed by atoms with Gasteiger partial charge in [0, 0.05) is 12.7 Å². The van der Waals surface area contributed by atoms with E-state index in [0.717, 1.165) is 14.9 Å². The standard InChI is InChI=1S/C24H27N3O6S2/c1-4-33-23-16-9-8-15-22(23)27(35(31,32)21-13-6-5-7-14-21)18-24(28)25-19-11-10-12-20(17-19)26(2)34(3,29)30/h5-17H,4,18H2,1-3H3,(H,25,28). The number of carbonyl (C=O) groups excluding carboxylic acids is 1. The van der Waals surface area contributed by atoms with Gasteiger partial charge in [-0.2, -0.15) is 0 Å². The fourth-order valence-electron chi connectivity index (χ4n) is 3.26. The molecular formula is C24H27N3O6S2. The molecule has 3 aromatic rings. The summed E-state index contributed by atoms with van der Waals surface area (Å²) in [5.41, 5.74) is 0.887. The average molecular weight is 518 g/mol. The van der Waals surface area contributed by atoms with Crippen LogP contribution >= 0.6 is 0 Å². The molecule has 186 valence electrons. The van der Waals surface area contributed by atoms with Gasteiger partial charge in [-0.25, -0.2) is 16.8 Å². The van der Waals surface area contributed by atoms with E-state index in [0.29, 0.717) is 23.7 Å². The molecule has 0 atom stereocenters. The minimum atomic E-state index is -4.12. The van der Waals surface area contributed by atoms with Crippen molar-refractivity contribution in [2.45, 2.75) is 11.8 Å². The van der Waals surface area contributed by atoms with Crippen LogP contribution in [0.25, 0.3) is 0 Å². The largest absolute Gasteiger partial charge is 0.492 e. The fraction of sp³-hybridized carbons (Fsp3) is 0.208. The topological polar surface area (TPSA) is 113 Å². The monoisotopic (exact) mass is 517 g/mol. The average Bonchev–Trinajstić information content (AvgIpc) is 2.83. The highest BCUT2D eigenvalue weighted by molar-refractivity contribution is 7.93. The molecule has 0 saturated carbocycles. The number of nitrogens with one attached hydrogen (secondary N) is 1. The number of hydrogen-bond acceptors (Lipinski definition) is 6. The maximum Gasteiger partial charge on any atom is 0.264 e. The van der Waals surface area contributed by atoms with Crippen molar-refractivity contribution >= 4 is 43.0 Å². The van der Waals surface area contributed by atoms with Crippen LogP contribution in [0.4, 0.5) is 17.1 Å². The first-order valence-electron chi connectivity index (χ1n) is 10.7. The van der Waals surface area contributed by atoms with Crippen LogP contribution in [0.5, 0.6) is 5.75 Å². The second-order valence-corrected chi connectivity index (χ2v) is 11.4. The van der Waals surface area contributed by atoms with E-state index >= 15 is 0 Å². The summed E-state index contributed by atoms with van der Waals surface area (Å²) in [7, 11) is -6.22. The van der Waals surface area contributed by atoms with E-state index in [9.17, 15) is 21.6 Å². The molecule has 0 aromatic heterocycles. The molecule has 1 N–H and O–H groups in total. The lowest BCUT2D eigenvalue weighted by molar-refractivity contribution is -0.114. The van der Waals surface area contributed by atoms with Crippen molar-refractivity contribution in [1.29, 1.82) is 0 Å². The van der Waals surface area contributed by atoms with Crippen molar-refractivity contribution in [1.82, 2.24) is 0 Å². The lowest BCUT2D eigenvalue weighted by atomic mass is 10.2. The second kappa shape index (κ2) is 10.8. The van der Waals surface area contributed by atoms with Gasteiger partial charge in [0.1, 0.15) is 12.3 Å². The zero-order chi connectivity index (χ0) is 25.6. The summed E-state index contributed by atoms with van der Waals surface area (Å²) in [5, 5.41) is 2.66. The Kier molecular flexibility index (Phi) is 8.03. The lowest BCUT2D eigenvalue weighted by Crippen LogP contribution is -2.38. The van der Waals surface area contributed by atoms with Crippen LogP contribution in [0, 0.1) is 0 Å². The Morgan fingerprint density at radius 3 is 2.23 bits per heavy atom. The fourth-order valence-corrected chi connectivity index (χ4v) is 5.21. The number of hydrogen-bond donors (Lipinski definition) is 1. The summed E-state index contributed by atoms with van der Waals surface area (Å²) >= 11 is 0. The Bertz CT molecular complexity index is 1390. The number of carbonyl (C=O) groups is 1. The second-order valence-electron chi connectivity index (χ2n) is 7.55. The SMILES string of the molecule is CCOc1ccccc1N(CC(=O)Nc1cccc(N(C)S(C)(=O)=O)c1)S(=O)(=O)c1ccccc1. The number of rotatable bonds is 10. The van der Waals surface area contributed by atoms with Crippen LogP contribution in [0.2, 0.25) is 0 Å². The molecule has 0 radical (unpaired) electrons. The van der Waals surface area contributed by atoms with Crippen LogP contribution in [-0.4, -0.2) is 49.2 Å². The van der Waals surface area contributed by atoms with Gasteiger partial charge in [0.15, 0.2) is 0 Å². The highest BCUT2D eigenvalue weighted by Crippen LogP contribution is 2.32. The van der Waals surface area contributed by atoms with Gasteiger partial charge < -0.3 is 10.1 Å². The molecule has 0 saturated heterocycles. The number of sulfonamides is 2. The van der Waals surface area contributed by atoms with E-state index in [1.54, 1.807) is 67.6 Å². The van der Waals surface area contributed by atoms with Gasteiger partial charge in [-0.05, 0) is 49.4 Å². The summed E-state index contributed by atoms with van der Waals surface area (Å²) in [5.74, 6) is -0.297. The van der Waals surface area contributed by atoms with E-state index in [1.807, 2.05) is 0 Å². The van der Waals surface area contributed by atoms with Crippen molar-refractivity contribution in [3.05, 3.63) is 78.9 Å². The summed E-state index contributed by atoms with van der Waals surface area (Å²) in [6.45, 7) is 1.55. The number of para-hydroxylation sites is 2. The van der Waals surface area contributed by atoms with Crippen molar-refractivity contribution in [3.63, 3.8) is 0 Å². The third-order valence-electron chi connectivity index (χ3n) is 5.04. The van der Waals surface area contributed by atoms with Crippen molar-refractivity contribution in [3.8, 4) is 5.75 Å². The maximum absolute atomic E-state index is 13.5. The molecule has 0 aliphatic rings. The predicted octanol–water partition coefficient (Wildman–Crippen LogP) is 3.32. The van der Waals surface area contributed by atoms with Crippen LogP contribution in [-0.2, 0) is 24.8 Å². The van der Waals surface area contributed by atoms with Gasteiger partial charge in [0.25, 0.3) is 10.0 Å². The Labute approximate surface area is 206 Å². The lowest BCUT2D eigenvalue weighted by Gasteiger charge is -2.26. The molecule has 0 aliphatic carbocycles. The minimum Gasteiger partial charge on any atom is -0.492 e. The van der Waals surface area contributed by atoms with Gasteiger partial charge in [-0.1, -0.05) is 36.4 Å². The molecule has 0 unspecified atom stereocenters. The highest BCUT2D eigenvalue weighted by Gasteiger charge is 2.29. The van der Waals surface area contributed by atoms with E-state index in [2.05, 4.69) is 5.32 Å². The minimum absolute atomic E-state index is 0.0240. The Morgan fingerprint density at radius 2 is 1.57 bits per heavy atom. The molecule has 3 aromatic carbocycles. The predicted molar refractivity (Wildman–Crippen MR) is 137 cm³/mol. The first-order valence-corrected chi connectivity index (χ1v) is 14.0. The molecule has 1 amide bonds. The van der Waals surface area contributed by atoms with Crippen LogP contribution < -0.4 is 18.7 Å². The summed E-state index contributed by atoms with van der Waals surface area (Å²) < 4.78 is 58.5. The molecule has 0 spiro atoms. The van der Waals surface area contributed by atoms with Gasteiger partial charge >= 0.3 is 0 Å². The first-order chi connectivity index (χ1) is 16.5. The molecule has 0 bridgehead atoms. The van der Waals surface area contributed by atoms with Gasteiger partial charge in [-0.15, -0.1) is 0 Å². The molecule has 11 heteroatoms. The molecular weight excluding hydrogens is 490 g/mol. The Hall–Kier alpha value is -3.57. The third kappa shape index (κ3) is 6.31. The number of amides is 1.